The molecule has 0 rings (SSSR count). The Morgan fingerprint density at radius 1 is 1.27 bits per heavy atom. The predicted molar refractivity (Wildman–Crippen MR) is 41.1 cm³/mol. The number of carbonyl (C=O) groups excluding carboxylic acids is 2. The molecule has 3 nitrogen and oxygen atoms in total. The number of ketones is 2. The number of hydrogen-bond acceptors (Lipinski definition) is 3. The van der Waals surface area contributed by atoms with E-state index in [1.54, 1.807) is 0 Å². The van der Waals surface area contributed by atoms with E-state index in [2.05, 4.69) is 0 Å². The monoisotopic (exact) mass is 158 g/mol. The van der Waals surface area contributed by atoms with Crippen LogP contribution in [0.4, 0.5) is 0 Å². The molecule has 0 saturated heterocycles. The normalized spacial score (nSPS) is 13.2. The summed E-state index contributed by atoms with van der Waals surface area (Å²) in [5.74, 6) is -0.987. The van der Waals surface area contributed by atoms with Crippen molar-refractivity contribution in [3.8, 4) is 0 Å². The van der Waals surface area contributed by atoms with Gasteiger partial charge in [-0.05, 0) is 12.8 Å². The maximum atomic E-state index is 10.9. The third kappa shape index (κ3) is 3.88. The molecule has 0 aliphatic rings. The Hall–Kier alpha value is -0.700. The quantitative estimate of drug-likeness (QED) is 0.608. The topological polar surface area (TPSA) is 54.4 Å². The van der Waals surface area contributed by atoms with Crippen LogP contribution in [-0.4, -0.2) is 22.8 Å². The van der Waals surface area contributed by atoms with E-state index in [4.69, 9.17) is 5.11 Å². The Balaban J connectivity index is 3.94. The molecule has 0 fully saturated rings. The van der Waals surface area contributed by atoms with Gasteiger partial charge in [-0.3, -0.25) is 9.59 Å². The fourth-order valence-electron chi connectivity index (χ4n) is 0.704. The highest BCUT2D eigenvalue weighted by Gasteiger charge is 2.19. The Labute approximate surface area is 66.4 Å². The highest BCUT2D eigenvalue weighted by atomic mass is 16.3. The van der Waals surface area contributed by atoms with E-state index in [1.165, 1.54) is 6.92 Å². The summed E-state index contributed by atoms with van der Waals surface area (Å²) in [6, 6.07) is 0. The van der Waals surface area contributed by atoms with E-state index < -0.39 is 17.7 Å². The van der Waals surface area contributed by atoms with Crippen LogP contribution in [-0.2, 0) is 9.59 Å². The first-order valence-electron chi connectivity index (χ1n) is 3.70. The fraction of sp³-hybridized carbons (Fsp3) is 0.750. The van der Waals surface area contributed by atoms with Gasteiger partial charge in [0.25, 0.3) is 0 Å². The molecule has 0 amide bonds. The number of aliphatic hydroxyl groups is 1. The second-order valence-electron chi connectivity index (χ2n) is 3.06. The zero-order valence-electron chi connectivity index (χ0n) is 7.13. The average molecular weight is 158 g/mol. The lowest BCUT2D eigenvalue weighted by Crippen LogP contribution is -2.26. The molecule has 0 radical (unpaired) electrons. The molecule has 0 aromatic heterocycles. The van der Waals surface area contributed by atoms with Crippen molar-refractivity contribution in [3.63, 3.8) is 0 Å². The molecule has 0 spiro atoms. The molecule has 0 bridgehead atoms. The first-order chi connectivity index (χ1) is 4.95. The Bertz CT molecular complexity index is 159. The summed E-state index contributed by atoms with van der Waals surface area (Å²) < 4.78 is 0. The molecule has 1 N–H and O–H groups in total. The van der Waals surface area contributed by atoms with E-state index in [-0.39, 0.29) is 12.3 Å². The number of rotatable bonds is 4. The van der Waals surface area contributed by atoms with Gasteiger partial charge in [-0.1, -0.05) is 13.8 Å². The lowest BCUT2D eigenvalue weighted by Gasteiger charge is -2.03. The van der Waals surface area contributed by atoms with Crippen molar-refractivity contribution in [1.82, 2.24) is 0 Å². The molecule has 11 heavy (non-hydrogen) atoms. The molecule has 0 aliphatic carbocycles. The third-order valence-electron chi connectivity index (χ3n) is 1.25. The van der Waals surface area contributed by atoms with Crippen LogP contribution >= 0.6 is 0 Å². The largest absolute Gasteiger partial charge is 0.385 e. The van der Waals surface area contributed by atoms with Crippen molar-refractivity contribution < 1.29 is 14.7 Å². The molecule has 0 aromatic carbocycles. The maximum absolute atomic E-state index is 10.9. The summed E-state index contributed by atoms with van der Waals surface area (Å²) in [6.07, 6.45) is -0.926. The first-order valence-corrected chi connectivity index (χ1v) is 3.70. The van der Waals surface area contributed by atoms with Gasteiger partial charge in [0.15, 0.2) is 0 Å². The number of carbonyl (C=O) groups is 2. The van der Waals surface area contributed by atoms with E-state index in [0.29, 0.717) is 0 Å². The van der Waals surface area contributed by atoms with Gasteiger partial charge in [0, 0.05) is 6.42 Å². The SMILES string of the molecule is CC(C)CC(=O)C(=O)[C@@H](C)O. The molecule has 3 heteroatoms. The highest BCUT2D eigenvalue weighted by molar-refractivity contribution is 6.38. The van der Waals surface area contributed by atoms with E-state index in [9.17, 15) is 9.59 Å². The Kier molecular flexibility index (Phi) is 3.97. The number of aliphatic hydroxyl groups excluding tert-OH is 1. The molecular formula is C8H14O3. The number of hydrogen-bond donors (Lipinski definition) is 1. The van der Waals surface area contributed by atoms with Crippen molar-refractivity contribution in [3.05, 3.63) is 0 Å². The van der Waals surface area contributed by atoms with E-state index in [1.807, 2.05) is 13.8 Å². The summed E-state index contributed by atoms with van der Waals surface area (Å²) in [4.78, 5) is 21.7. The van der Waals surface area contributed by atoms with Gasteiger partial charge < -0.3 is 5.11 Å². The lowest BCUT2D eigenvalue weighted by atomic mass is 10.0. The van der Waals surface area contributed by atoms with E-state index in [0.717, 1.165) is 0 Å². The summed E-state index contributed by atoms with van der Waals surface area (Å²) in [6.45, 7) is 5.01. The van der Waals surface area contributed by atoms with Gasteiger partial charge in [0.1, 0.15) is 6.10 Å². The van der Waals surface area contributed by atoms with Gasteiger partial charge in [-0.2, -0.15) is 0 Å². The summed E-state index contributed by atoms with van der Waals surface area (Å²) in [5, 5.41) is 8.73. The van der Waals surface area contributed by atoms with Crippen molar-refractivity contribution in [2.75, 3.05) is 0 Å². The third-order valence-corrected chi connectivity index (χ3v) is 1.25. The minimum Gasteiger partial charge on any atom is -0.385 e. The standard InChI is InChI=1S/C8H14O3/c1-5(2)4-7(10)8(11)6(3)9/h5-6,9H,4H2,1-3H3/t6-/m1/s1. The fourth-order valence-corrected chi connectivity index (χ4v) is 0.704. The minimum absolute atomic E-state index is 0.171. The van der Waals surface area contributed by atoms with Gasteiger partial charge in [0.2, 0.25) is 11.6 Å². The molecule has 0 aliphatic heterocycles. The second kappa shape index (κ2) is 4.23. The van der Waals surface area contributed by atoms with Gasteiger partial charge in [-0.15, -0.1) is 0 Å². The van der Waals surface area contributed by atoms with Gasteiger partial charge in [-0.25, -0.2) is 0 Å². The summed E-state index contributed by atoms with van der Waals surface area (Å²) in [7, 11) is 0. The molecule has 64 valence electrons. The van der Waals surface area contributed by atoms with Gasteiger partial charge >= 0.3 is 0 Å². The second-order valence-corrected chi connectivity index (χ2v) is 3.06. The zero-order valence-corrected chi connectivity index (χ0v) is 7.13. The molecule has 0 heterocycles. The smallest absolute Gasteiger partial charge is 0.226 e. The maximum Gasteiger partial charge on any atom is 0.226 e. The predicted octanol–water partition coefficient (Wildman–Crippen LogP) is 0.551. The Morgan fingerprint density at radius 2 is 1.73 bits per heavy atom. The van der Waals surface area contributed by atoms with Crippen molar-refractivity contribution >= 4 is 11.6 Å². The molecular weight excluding hydrogens is 144 g/mol. The summed E-state index contributed by atoms with van der Waals surface area (Å²) in [5.41, 5.74) is 0. The van der Waals surface area contributed by atoms with Crippen molar-refractivity contribution in [2.24, 2.45) is 5.92 Å². The van der Waals surface area contributed by atoms with Crippen molar-refractivity contribution in [2.45, 2.75) is 33.3 Å². The average Bonchev–Trinajstić information content (AvgIpc) is 1.84. The summed E-state index contributed by atoms with van der Waals surface area (Å²) >= 11 is 0. The number of Topliss-reactive ketones (excluding diaryl/α,β-unsaturated/α-hetero) is 2. The minimum atomic E-state index is -1.15. The zero-order chi connectivity index (χ0) is 9.02. The Morgan fingerprint density at radius 3 is 2.00 bits per heavy atom. The lowest BCUT2D eigenvalue weighted by molar-refractivity contribution is -0.141. The van der Waals surface area contributed by atoms with Gasteiger partial charge in [0.05, 0.1) is 0 Å². The van der Waals surface area contributed by atoms with Crippen LogP contribution < -0.4 is 0 Å². The van der Waals surface area contributed by atoms with Crippen molar-refractivity contribution in [1.29, 1.82) is 0 Å². The molecule has 1 atom stereocenters. The molecule has 0 saturated carbocycles. The van der Waals surface area contributed by atoms with Crippen LogP contribution in [0.15, 0.2) is 0 Å². The van der Waals surface area contributed by atoms with Crippen LogP contribution in [0.3, 0.4) is 0 Å². The molecule has 0 aromatic rings. The molecule has 0 unspecified atom stereocenters. The first kappa shape index (κ1) is 10.3. The van der Waals surface area contributed by atoms with Crippen LogP contribution in [0.2, 0.25) is 0 Å². The van der Waals surface area contributed by atoms with Crippen LogP contribution in [0.25, 0.3) is 0 Å². The van der Waals surface area contributed by atoms with E-state index >= 15 is 0 Å². The van der Waals surface area contributed by atoms with Crippen LogP contribution in [0.1, 0.15) is 27.2 Å². The highest BCUT2D eigenvalue weighted by Crippen LogP contribution is 2.01. The van der Waals surface area contributed by atoms with Crippen LogP contribution in [0, 0.1) is 5.92 Å². The van der Waals surface area contributed by atoms with Crippen LogP contribution in [0.5, 0.6) is 0 Å².